The number of carbonyl (C=O) groups is 2. The fourth-order valence-corrected chi connectivity index (χ4v) is 4.41. The van der Waals surface area contributed by atoms with Gasteiger partial charge in [-0.3, -0.25) is 14.5 Å². The van der Waals surface area contributed by atoms with E-state index in [2.05, 4.69) is 41.0 Å². The SMILES string of the molecule is CCOCCCN1C(=O)C(c2ccccc2)=C(N2CCN(c3cccc(C)c3)CC2)C1=O. The standard InChI is InChI=1S/C26H31N3O3/c1-3-32-18-8-13-29-25(30)23(21-10-5-4-6-11-21)24(26(29)31)28-16-14-27(15-17-28)22-12-7-9-20(2)19-22/h4-7,9-12,19H,3,8,13-18H2,1-2H3. The molecule has 2 aromatic carbocycles. The molecule has 2 aliphatic heterocycles. The fourth-order valence-electron chi connectivity index (χ4n) is 4.41. The van der Waals surface area contributed by atoms with E-state index in [-0.39, 0.29) is 11.8 Å². The van der Waals surface area contributed by atoms with Crippen LogP contribution in [0.25, 0.3) is 5.57 Å². The second-order valence-electron chi connectivity index (χ2n) is 8.22. The molecule has 0 radical (unpaired) electrons. The van der Waals surface area contributed by atoms with Gasteiger partial charge in [0.05, 0.1) is 5.57 Å². The third-order valence-electron chi connectivity index (χ3n) is 6.04. The van der Waals surface area contributed by atoms with Gasteiger partial charge in [0.25, 0.3) is 11.8 Å². The predicted molar refractivity (Wildman–Crippen MR) is 126 cm³/mol. The first-order valence-corrected chi connectivity index (χ1v) is 11.4. The molecule has 0 bridgehead atoms. The summed E-state index contributed by atoms with van der Waals surface area (Å²) >= 11 is 0. The zero-order valence-electron chi connectivity index (χ0n) is 18.9. The number of anilines is 1. The number of amides is 2. The van der Waals surface area contributed by atoms with E-state index >= 15 is 0 Å². The lowest BCUT2D eigenvalue weighted by Gasteiger charge is -2.37. The molecule has 0 aromatic heterocycles. The van der Waals surface area contributed by atoms with E-state index in [0.29, 0.717) is 50.5 Å². The highest BCUT2D eigenvalue weighted by Crippen LogP contribution is 2.32. The van der Waals surface area contributed by atoms with Crippen LogP contribution < -0.4 is 4.90 Å². The maximum atomic E-state index is 13.4. The summed E-state index contributed by atoms with van der Waals surface area (Å²) in [6, 6.07) is 18.0. The van der Waals surface area contributed by atoms with E-state index in [1.165, 1.54) is 16.2 Å². The lowest BCUT2D eigenvalue weighted by atomic mass is 10.0. The van der Waals surface area contributed by atoms with Gasteiger partial charge in [0, 0.05) is 51.6 Å². The summed E-state index contributed by atoms with van der Waals surface area (Å²) < 4.78 is 5.40. The van der Waals surface area contributed by atoms with Gasteiger partial charge in [0.15, 0.2) is 0 Å². The summed E-state index contributed by atoms with van der Waals surface area (Å²) in [5, 5.41) is 0. The Balaban J connectivity index is 1.55. The van der Waals surface area contributed by atoms with Gasteiger partial charge >= 0.3 is 0 Å². The molecule has 2 amide bonds. The summed E-state index contributed by atoms with van der Waals surface area (Å²) in [6.45, 7) is 8.60. The average Bonchev–Trinajstić information content (AvgIpc) is 3.07. The number of ether oxygens (including phenoxy) is 1. The summed E-state index contributed by atoms with van der Waals surface area (Å²) in [6.07, 6.45) is 0.641. The van der Waals surface area contributed by atoms with Crippen molar-refractivity contribution < 1.29 is 14.3 Å². The monoisotopic (exact) mass is 433 g/mol. The Morgan fingerprint density at radius 3 is 2.28 bits per heavy atom. The average molecular weight is 434 g/mol. The van der Waals surface area contributed by atoms with E-state index in [0.717, 1.165) is 18.7 Å². The summed E-state index contributed by atoms with van der Waals surface area (Å²) in [5.74, 6) is -0.386. The number of hydrogen-bond acceptors (Lipinski definition) is 5. The van der Waals surface area contributed by atoms with E-state index in [1.807, 2.05) is 37.3 Å². The van der Waals surface area contributed by atoms with Crippen molar-refractivity contribution in [3.8, 4) is 0 Å². The molecule has 2 heterocycles. The Bertz CT molecular complexity index is 994. The molecule has 2 aromatic rings. The van der Waals surface area contributed by atoms with Gasteiger partial charge in [0.1, 0.15) is 5.70 Å². The van der Waals surface area contributed by atoms with E-state index < -0.39 is 0 Å². The molecule has 0 saturated carbocycles. The molecule has 2 aliphatic rings. The van der Waals surface area contributed by atoms with Crippen LogP contribution in [0.4, 0.5) is 5.69 Å². The van der Waals surface area contributed by atoms with Crippen molar-refractivity contribution in [2.75, 3.05) is 50.8 Å². The number of nitrogens with zero attached hydrogens (tertiary/aromatic N) is 3. The molecule has 0 aliphatic carbocycles. The normalized spacial score (nSPS) is 17.0. The van der Waals surface area contributed by atoms with Crippen molar-refractivity contribution in [3.63, 3.8) is 0 Å². The zero-order chi connectivity index (χ0) is 22.5. The molecule has 1 fully saturated rings. The highest BCUT2D eigenvalue weighted by atomic mass is 16.5. The lowest BCUT2D eigenvalue weighted by molar-refractivity contribution is -0.137. The van der Waals surface area contributed by atoms with E-state index in [4.69, 9.17) is 4.74 Å². The minimum Gasteiger partial charge on any atom is -0.382 e. The largest absolute Gasteiger partial charge is 0.382 e. The van der Waals surface area contributed by atoms with Gasteiger partial charge in [0.2, 0.25) is 0 Å². The molecular formula is C26H31N3O3. The summed E-state index contributed by atoms with van der Waals surface area (Å²) in [7, 11) is 0. The molecule has 6 heteroatoms. The number of imide groups is 1. The Labute approximate surface area is 190 Å². The molecule has 0 atom stereocenters. The number of aryl methyl sites for hydroxylation is 1. The number of piperazine rings is 1. The van der Waals surface area contributed by atoms with Gasteiger partial charge in [-0.05, 0) is 43.5 Å². The Hall–Kier alpha value is -3.12. The van der Waals surface area contributed by atoms with Gasteiger partial charge in [-0.2, -0.15) is 0 Å². The number of benzene rings is 2. The molecule has 168 valence electrons. The predicted octanol–water partition coefficient (Wildman–Crippen LogP) is 3.32. The quantitative estimate of drug-likeness (QED) is 0.472. The Morgan fingerprint density at radius 2 is 1.59 bits per heavy atom. The highest BCUT2D eigenvalue weighted by Gasteiger charge is 2.41. The van der Waals surface area contributed by atoms with Gasteiger partial charge in [-0.25, -0.2) is 0 Å². The fraction of sp³-hybridized carbons (Fsp3) is 0.385. The van der Waals surface area contributed by atoms with Crippen LogP contribution in [0.5, 0.6) is 0 Å². The molecule has 32 heavy (non-hydrogen) atoms. The van der Waals surface area contributed by atoms with Crippen LogP contribution in [-0.4, -0.2) is 67.6 Å². The zero-order valence-corrected chi connectivity index (χ0v) is 18.9. The van der Waals surface area contributed by atoms with Crippen LogP contribution in [0.15, 0.2) is 60.3 Å². The first-order valence-electron chi connectivity index (χ1n) is 11.4. The molecule has 0 unspecified atom stereocenters. The first kappa shape index (κ1) is 22.1. The number of carbonyl (C=O) groups excluding carboxylic acids is 2. The number of rotatable bonds is 8. The van der Waals surface area contributed by atoms with Gasteiger partial charge in [-0.1, -0.05) is 42.5 Å². The van der Waals surface area contributed by atoms with Crippen molar-refractivity contribution >= 4 is 23.1 Å². The topological polar surface area (TPSA) is 53.1 Å². The van der Waals surface area contributed by atoms with E-state index in [9.17, 15) is 9.59 Å². The Kier molecular flexibility index (Phi) is 6.90. The van der Waals surface area contributed by atoms with Crippen molar-refractivity contribution in [2.45, 2.75) is 20.3 Å². The maximum absolute atomic E-state index is 13.4. The third-order valence-corrected chi connectivity index (χ3v) is 6.04. The summed E-state index contributed by atoms with van der Waals surface area (Å²) in [4.78, 5) is 32.6. The maximum Gasteiger partial charge on any atom is 0.277 e. The molecule has 1 saturated heterocycles. The highest BCUT2D eigenvalue weighted by molar-refractivity contribution is 6.35. The third kappa shape index (κ3) is 4.55. The van der Waals surface area contributed by atoms with Crippen LogP contribution in [-0.2, 0) is 14.3 Å². The second kappa shape index (κ2) is 10.0. The minimum absolute atomic E-state index is 0.186. The minimum atomic E-state index is -0.200. The Morgan fingerprint density at radius 1 is 0.875 bits per heavy atom. The number of hydrogen-bond donors (Lipinski definition) is 0. The van der Waals surface area contributed by atoms with E-state index in [1.54, 1.807) is 0 Å². The lowest BCUT2D eigenvalue weighted by Crippen LogP contribution is -2.47. The molecule has 4 rings (SSSR count). The molecule has 6 nitrogen and oxygen atoms in total. The van der Waals surface area contributed by atoms with Gasteiger partial charge in [-0.15, -0.1) is 0 Å². The van der Waals surface area contributed by atoms with Crippen molar-refractivity contribution in [3.05, 3.63) is 71.4 Å². The van der Waals surface area contributed by atoms with Crippen molar-refractivity contribution in [2.24, 2.45) is 0 Å². The smallest absolute Gasteiger partial charge is 0.277 e. The van der Waals surface area contributed by atoms with Crippen LogP contribution in [0.2, 0.25) is 0 Å². The summed E-state index contributed by atoms with van der Waals surface area (Å²) in [5.41, 5.74) is 4.30. The van der Waals surface area contributed by atoms with Crippen molar-refractivity contribution in [1.29, 1.82) is 0 Å². The van der Waals surface area contributed by atoms with Crippen LogP contribution >= 0.6 is 0 Å². The first-order chi connectivity index (χ1) is 15.6. The van der Waals surface area contributed by atoms with Crippen LogP contribution in [0, 0.1) is 6.92 Å². The van der Waals surface area contributed by atoms with Gasteiger partial charge < -0.3 is 14.5 Å². The van der Waals surface area contributed by atoms with Crippen LogP contribution in [0.3, 0.4) is 0 Å². The molecular weight excluding hydrogens is 402 g/mol. The van der Waals surface area contributed by atoms with Crippen molar-refractivity contribution in [1.82, 2.24) is 9.80 Å². The second-order valence-corrected chi connectivity index (χ2v) is 8.22. The van der Waals surface area contributed by atoms with Crippen LogP contribution in [0.1, 0.15) is 24.5 Å². The molecule has 0 N–H and O–H groups in total. The molecule has 0 spiro atoms.